The zero-order chi connectivity index (χ0) is 12.3. The van der Waals surface area contributed by atoms with Crippen LogP contribution in [0.5, 0.6) is 5.75 Å². The molecule has 17 heavy (non-hydrogen) atoms. The summed E-state index contributed by atoms with van der Waals surface area (Å²) in [6.45, 7) is 2.90. The van der Waals surface area contributed by atoms with Gasteiger partial charge >= 0.3 is 5.97 Å². The van der Waals surface area contributed by atoms with Crippen molar-refractivity contribution in [3.8, 4) is 5.75 Å². The number of hydrogen-bond acceptors (Lipinski definition) is 3. The Labute approximate surface area is 101 Å². The number of carbonyl (C=O) groups is 1. The fourth-order valence-electron chi connectivity index (χ4n) is 2.25. The van der Waals surface area contributed by atoms with Crippen LogP contribution >= 0.6 is 0 Å². The first kappa shape index (κ1) is 11.8. The van der Waals surface area contributed by atoms with Gasteiger partial charge in [-0.3, -0.25) is 0 Å². The summed E-state index contributed by atoms with van der Waals surface area (Å²) in [4.78, 5) is 12.8. The van der Waals surface area contributed by atoms with E-state index < -0.39 is 5.97 Å². The lowest BCUT2D eigenvalue weighted by atomic mass is 10.2. The molecule has 0 aliphatic carbocycles. The highest BCUT2D eigenvalue weighted by Gasteiger charge is 2.23. The van der Waals surface area contributed by atoms with Crippen molar-refractivity contribution >= 4 is 11.7 Å². The normalized spacial score (nSPS) is 19.4. The lowest BCUT2D eigenvalue weighted by Gasteiger charge is -2.25. The summed E-state index contributed by atoms with van der Waals surface area (Å²) >= 11 is 0. The molecule has 1 aliphatic rings. The van der Waals surface area contributed by atoms with Gasteiger partial charge in [-0.1, -0.05) is 12.1 Å². The third kappa shape index (κ3) is 2.70. The molecule has 92 valence electrons. The molecule has 2 rings (SSSR count). The zero-order valence-electron chi connectivity index (χ0n) is 9.93. The molecule has 0 bridgehead atoms. The predicted octanol–water partition coefficient (Wildman–Crippen LogP) is 2.14. The van der Waals surface area contributed by atoms with E-state index in [0.717, 1.165) is 12.2 Å². The van der Waals surface area contributed by atoms with E-state index in [0.29, 0.717) is 11.8 Å². The average Bonchev–Trinajstić information content (AvgIpc) is 2.73. The van der Waals surface area contributed by atoms with E-state index in [2.05, 4.69) is 11.8 Å². The van der Waals surface area contributed by atoms with E-state index in [4.69, 9.17) is 9.84 Å². The van der Waals surface area contributed by atoms with Gasteiger partial charge in [-0.2, -0.15) is 0 Å². The van der Waals surface area contributed by atoms with Gasteiger partial charge in [0.1, 0.15) is 5.75 Å². The van der Waals surface area contributed by atoms with Gasteiger partial charge in [0.25, 0.3) is 0 Å². The van der Waals surface area contributed by atoms with Crippen molar-refractivity contribution in [3.63, 3.8) is 0 Å². The number of carboxylic acid groups (broad SMARTS) is 1. The number of nitrogens with zero attached hydrogens (tertiary/aromatic N) is 1. The Kier molecular flexibility index (Phi) is 3.52. The van der Waals surface area contributed by atoms with Gasteiger partial charge in [-0.15, -0.1) is 0 Å². The first-order valence-electron chi connectivity index (χ1n) is 5.89. The molecular formula is C13H17NO3. The van der Waals surface area contributed by atoms with Crippen molar-refractivity contribution < 1.29 is 14.6 Å². The van der Waals surface area contributed by atoms with Gasteiger partial charge in [-0.05, 0) is 31.9 Å². The summed E-state index contributed by atoms with van der Waals surface area (Å²) in [7, 11) is 0. The number of carboxylic acids is 1. The second-order valence-corrected chi connectivity index (χ2v) is 4.33. The minimum absolute atomic E-state index is 0.292. The molecule has 1 fully saturated rings. The smallest absolute Gasteiger partial charge is 0.341 e. The fraction of sp³-hybridized carbons (Fsp3) is 0.462. The largest absolute Gasteiger partial charge is 0.480 e. The molecule has 0 aromatic heterocycles. The summed E-state index contributed by atoms with van der Waals surface area (Å²) in [5.74, 6) is -0.294. The van der Waals surface area contributed by atoms with Crippen LogP contribution in [0.2, 0.25) is 0 Å². The number of hydrogen-bond donors (Lipinski definition) is 1. The first-order valence-corrected chi connectivity index (χ1v) is 5.89. The lowest BCUT2D eigenvalue weighted by molar-refractivity contribution is -0.139. The highest BCUT2D eigenvalue weighted by atomic mass is 16.5. The van der Waals surface area contributed by atoms with Gasteiger partial charge < -0.3 is 14.7 Å². The molecule has 0 amide bonds. The number of benzene rings is 1. The Morgan fingerprint density at radius 3 is 2.94 bits per heavy atom. The van der Waals surface area contributed by atoms with Gasteiger partial charge in [0, 0.05) is 12.6 Å². The van der Waals surface area contributed by atoms with Crippen LogP contribution in [-0.4, -0.2) is 30.3 Å². The van der Waals surface area contributed by atoms with E-state index in [1.807, 2.05) is 24.3 Å². The van der Waals surface area contributed by atoms with Crippen LogP contribution in [0.15, 0.2) is 24.3 Å². The summed E-state index contributed by atoms with van der Waals surface area (Å²) in [5.41, 5.74) is 0.999. The van der Waals surface area contributed by atoms with Gasteiger partial charge in [0.2, 0.25) is 0 Å². The number of ether oxygens (including phenoxy) is 1. The van der Waals surface area contributed by atoms with E-state index >= 15 is 0 Å². The van der Waals surface area contributed by atoms with E-state index in [9.17, 15) is 4.79 Å². The molecule has 0 radical (unpaired) electrons. The quantitative estimate of drug-likeness (QED) is 0.868. The minimum atomic E-state index is -0.950. The van der Waals surface area contributed by atoms with Gasteiger partial charge in [-0.25, -0.2) is 4.79 Å². The number of rotatable bonds is 4. The third-order valence-corrected chi connectivity index (χ3v) is 3.08. The van der Waals surface area contributed by atoms with E-state index in [1.165, 1.54) is 12.8 Å². The minimum Gasteiger partial charge on any atom is -0.480 e. The highest BCUT2D eigenvalue weighted by molar-refractivity contribution is 5.69. The maximum Gasteiger partial charge on any atom is 0.341 e. The molecule has 4 nitrogen and oxygen atoms in total. The van der Waals surface area contributed by atoms with Crippen LogP contribution in [0.25, 0.3) is 0 Å². The molecule has 0 saturated carbocycles. The Morgan fingerprint density at radius 1 is 1.53 bits per heavy atom. The summed E-state index contributed by atoms with van der Waals surface area (Å²) in [6.07, 6.45) is 2.35. The summed E-state index contributed by atoms with van der Waals surface area (Å²) in [6, 6.07) is 8.11. The first-order chi connectivity index (χ1) is 8.18. The topological polar surface area (TPSA) is 49.8 Å². The van der Waals surface area contributed by atoms with Crippen molar-refractivity contribution in [2.24, 2.45) is 0 Å². The predicted molar refractivity (Wildman–Crippen MR) is 65.6 cm³/mol. The zero-order valence-corrected chi connectivity index (χ0v) is 9.93. The summed E-state index contributed by atoms with van der Waals surface area (Å²) < 4.78 is 5.32. The van der Waals surface area contributed by atoms with Crippen molar-refractivity contribution in [1.29, 1.82) is 0 Å². The van der Waals surface area contributed by atoms with Crippen LogP contribution in [0, 0.1) is 0 Å². The van der Waals surface area contributed by atoms with E-state index in [-0.39, 0.29) is 6.61 Å². The maximum absolute atomic E-state index is 10.5. The van der Waals surface area contributed by atoms with Crippen LogP contribution in [0.3, 0.4) is 0 Å². The SMILES string of the molecule is CC1CCCN1c1ccccc1OCC(=O)O. The van der Waals surface area contributed by atoms with Gasteiger partial charge in [0.05, 0.1) is 5.69 Å². The lowest BCUT2D eigenvalue weighted by Crippen LogP contribution is -2.27. The van der Waals surface area contributed by atoms with Crippen molar-refractivity contribution in [2.75, 3.05) is 18.1 Å². The highest BCUT2D eigenvalue weighted by Crippen LogP contribution is 2.33. The van der Waals surface area contributed by atoms with Crippen LogP contribution in [-0.2, 0) is 4.79 Å². The monoisotopic (exact) mass is 235 g/mol. The Balaban J connectivity index is 2.18. The number of aliphatic carboxylic acids is 1. The van der Waals surface area contributed by atoms with Gasteiger partial charge in [0.15, 0.2) is 6.61 Å². The molecule has 1 aromatic carbocycles. The molecule has 1 atom stereocenters. The standard InChI is InChI=1S/C13H17NO3/c1-10-5-4-8-14(10)11-6-2-3-7-12(11)17-9-13(15)16/h2-3,6-7,10H,4-5,8-9H2,1H3,(H,15,16). The molecule has 1 unspecified atom stereocenters. The van der Waals surface area contributed by atoms with Crippen LogP contribution in [0.4, 0.5) is 5.69 Å². The van der Waals surface area contributed by atoms with E-state index in [1.54, 1.807) is 0 Å². The Hall–Kier alpha value is -1.71. The fourth-order valence-corrected chi connectivity index (χ4v) is 2.25. The molecule has 4 heteroatoms. The number of para-hydroxylation sites is 2. The molecule has 1 saturated heterocycles. The van der Waals surface area contributed by atoms with Crippen molar-refractivity contribution in [2.45, 2.75) is 25.8 Å². The molecular weight excluding hydrogens is 218 g/mol. The Bertz CT molecular complexity index is 405. The molecule has 1 aromatic rings. The Morgan fingerprint density at radius 2 is 2.29 bits per heavy atom. The van der Waals surface area contributed by atoms with Crippen molar-refractivity contribution in [3.05, 3.63) is 24.3 Å². The van der Waals surface area contributed by atoms with Crippen LogP contribution in [0.1, 0.15) is 19.8 Å². The molecule has 1 aliphatic heterocycles. The second-order valence-electron chi connectivity index (χ2n) is 4.33. The third-order valence-electron chi connectivity index (χ3n) is 3.08. The average molecular weight is 235 g/mol. The summed E-state index contributed by atoms with van der Waals surface area (Å²) in [5, 5.41) is 8.64. The second kappa shape index (κ2) is 5.08. The van der Waals surface area contributed by atoms with Crippen LogP contribution < -0.4 is 9.64 Å². The molecule has 1 N–H and O–H groups in total. The molecule has 0 spiro atoms. The maximum atomic E-state index is 10.5. The molecule has 1 heterocycles. The van der Waals surface area contributed by atoms with Crippen molar-refractivity contribution in [1.82, 2.24) is 0 Å². The number of anilines is 1.